The third-order valence-corrected chi connectivity index (χ3v) is 4.91. The lowest BCUT2D eigenvalue weighted by molar-refractivity contribution is -0.119. The van der Waals surface area contributed by atoms with E-state index >= 15 is 0 Å². The molecule has 0 unspecified atom stereocenters. The van der Waals surface area contributed by atoms with Gasteiger partial charge in [0.1, 0.15) is 5.82 Å². The topological polar surface area (TPSA) is 98.1 Å². The Morgan fingerprint density at radius 3 is 2.54 bits per heavy atom. The number of hydrogen-bond donors (Lipinski definition) is 2. The van der Waals surface area contributed by atoms with Gasteiger partial charge >= 0.3 is 6.03 Å². The third-order valence-electron chi connectivity index (χ3n) is 3.83. The molecule has 2 aromatic rings. The molecule has 0 fully saturated rings. The Bertz CT molecular complexity index is 779. The van der Waals surface area contributed by atoms with E-state index < -0.39 is 11.3 Å². The van der Waals surface area contributed by atoms with Crippen molar-refractivity contribution >= 4 is 23.7 Å². The standard InChI is InChI=1S/C19H27N5O3S/c1-13(2)20-18(26)21-17(25)14(3)28-19-23-22-16(24(19)10-11-27-4)12-15-8-6-5-7-9-15/h5-9,13-14H,10-12H2,1-4H3,(H2,20,21,25,26)/t14-/m0/s1. The number of nitrogens with one attached hydrogen (secondary N) is 2. The van der Waals surface area contributed by atoms with Gasteiger partial charge < -0.3 is 14.6 Å². The maximum atomic E-state index is 12.3. The van der Waals surface area contributed by atoms with Crippen LogP contribution in [0.25, 0.3) is 0 Å². The Labute approximate surface area is 169 Å². The van der Waals surface area contributed by atoms with Crippen LogP contribution in [0.5, 0.6) is 0 Å². The van der Waals surface area contributed by atoms with Crippen LogP contribution < -0.4 is 10.6 Å². The first-order valence-corrected chi connectivity index (χ1v) is 10.0. The predicted molar refractivity (Wildman–Crippen MR) is 108 cm³/mol. The van der Waals surface area contributed by atoms with Crippen LogP contribution in [0, 0.1) is 0 Å². The van der Waals surface area contributed by atoms with Crippen LogP contribution in [0.3, 0.4) is 0 Å². The number of benzene rings is 1. The average molecular weight is 406 g/mol. The highest BCUT2D eigenvalue weighted by Crippen LogP contribution is 2.23. The van der Waals surface area contributed by atoms with Gasteiger partial charge in [0.2, 0.25) is 5.91 Å². The van der Waals surface area contributed by atoms with Crippen molar-refractivity contribution < 1.29 is 14.3 Å². The van der Waals surface area contributed by atoms with Crippen molar-refractivity contribution in [1.82, 2.24) is 25.4 Å². The second-order valence-electron chi connectivity index (χ2n) is 6.58. The molecule has 1 aromatic carbocycles. The van der Waals surface area contributed by atoms with Crippen LogP contribution in [-0.2, 0) is 22.5 Å². The summed E-state index contributed by atoms with van der Waals surface area (Å²) in [6, 6.07) is 9.45. The summed E-state index contributed by atoms with van der Waals surface area (Å²) in [5.41, 5.74) is 1.13. The van der Waals surface area contributed by atoms with E-state index in [2.05, 4.69) is 20.8 Å². The molecule has 152 valence electrons. The fraction of sp³-hybridized carbons (Fsp3) is 0.474. The Hall–Kier alpha value is -2.39. The molecule has 0 bridgehead atoms. The Morgan fingerprint density at radius 1 is 1.18 bits per heavy atom. The highest BCUT2D eigenvalue weighted by Gasteiger charge is 2.22. The SMILES string of the molecule is COCCn1c(Cc2ccccc2)nnc1S[C@@H](C)C(=O)NC(=O)NC(C)C. The van der Waals surface area contributed by atoms with Crippen molar-refractivity contribution in [3.05, 3.63) is 41.7 Å². The van der Waals surface area contributed by atoms with Gasteiger partial charge in [0.15, 0.2) is 5.16 Å². The molecule has 0 aliphatic heterocycles. The number of urea groups is 1. The highest BCUT2D eigenvalue weighted by atomic mass is 32.2. The summed E-state index contributed by atoms with van der Waals surface area (Å²) >= 11 is 1.26. The molecule has 1 atom stereocenters. The fourth-order valence-corrected chi connectivity index (χ4v) is 3.34. The Balaban J connectivity index is 2.09. The van der Waals surface area contributed by atoms with Crippen molar-refractivity contribution in [2.24, 2.45) is 0 Å². The van der Waals surface area contributed by atoms with E-state index in [-0.39, 0.29) is 11.9 Å². The number of nitrogens with zero attached hydrogens (tertiary/aromatic N) is 3. The van der Waals surface area contributed by atoms with Crippen LogP contribution >= 0.6 is 11.8 Å². The van der Waals surface area contributed by atoms with E-state index in [9.17, 15) is 9.59 Å². The van der Waals surface area contributed by atoms with Crippen LogP contribution in [0.15, 0.2) is 35.5 Å². The number of rotatable bonds is 9. The number of hydrogen-bond acceptors (Lipinski definition) is 6. The van der Waals surface area contributed by atoms with Crippen molar-refractivity contribution in [1.29, 1.82) is 0 Å². The minimum absolute atomic E-state index is 0.0477. The van der Waals surface area contributed by atoms with E-state index in [0.29, 0.717) is 24.7 Å². The first-order chi connectivity index (χ1) is 13.4. The van der Waals surface area contributed by atoms with Crippen LogP contribution in [0.2, 0.25) is 0 Å². The summed E-state index contributed by atoms with van der Waals surface area (Å²) in [4.78, 5) is 24.0. The lowest BCUT2D eigenvalue weighted by atomic mass is 10.1. The monoisotopic (exact) mass is 405 g/mol. The number of carbonyl (C=O) groups excluding carboxylic acids is 2. The summed E-state index contributed by atoms with van der Waals surface area (Å²) in [6.45, 7) is 6.47. The number of thioether (sulfide) groups is 1. The Kier molecular flexibility index (Phi) is 8.46. The van der Waals surface area contributed by atoms with Gasteiger partial charge in [-0.05, 0) is 26.3 Å². The molecule has 2 rings (SSSR count). The molecule has 0 saturated heterocycles. The fourth-order valence-electron chi connectivity index (χ4n) is 2.45. The molecule has 2 N–H and O–H groups in total. The maximum Gasteiger partial charge on any atom is 0.321 e. The molecule has 0 aliphatic carbocycles. The van der Waals surface area contributed by atoms with Crippen LogP contribution in [0.1, 0.15) is 32.2 Å². The molecule has 8 nitrogen and oxygen atoms in total. The molecule has 9 heteroatoms. The second kappa shape index (κ2) is 10.8. The predicted octanol–water partition coefficient (Wildman–Crippen LogP) is 2.23. The van der Waals surface area contributed by atoms with Crippen molar-refractivity contribution in [2.75, 3.05) is 13.7 Å². The van der Waals surface area contributed by atoms with Gasteiger partial charge in [0.25, 0.3) is 0 Å². The van der Waals surface area contributed by atoms with Gasteiger partial charge in [0, 0.05) is 26.1 Å². The number of methoxy groups -OCH3 is 1. The molecule has 0 radical (unpaired) electrons. The molecule has 1 aromatic heterocycles. The zero-order valence-corrected chi connectivity index (χ0v) is 17.5. The number of aromatic nitrogens is 3. The molecule has 0 aliphatic rings. The van der Waals surface area contributed by atoms with Gasteiger partial charge in [-0.2, -0.15) is 0 Å². The third kappa shape index (κ3) is 6.65. The van der Waals surface area contributed by atoms with E-state index in [1.165, 1.54) is 11.8 Å². The Morgan fingerprint density at radius 2 is 1.89 bits per heavy atom. The smallest absolute Gasteiger partial charge is 0.321 e. The number of carbonyl (C=O) groups is 2. The number of ether oxygens (including phenoxy) is 1. The maximum absolute atomic E-state index is 12.3. The molecule has 28 heavy (non-hydrogen) atoms. The summed E-state index contributed by atoms with van der Waals surface area (Å²) in [6.07, 6.45) is 0.634. The van der Waals surface area contributed by atoms with Gasteiger partial charge in [-0.25, -0.2) is 4.79 Å². The van der Waals surface area contributed by atoms with E-state index in [1.54, 1.807) is 14.0 Å². The van der Waals surface area contributed by atoms with Gasteiger partial charge in [-0.1, -0.05) is 42.1 Å². The van der Waals surface area contributed by atoms with Crippen molar-refractivity contribution in [2.45, 2.75) is 50.2 Å². The van der Waals surface area contributed by atoms with E-state index in [0.717, 1.165) is 11.4 Å². The normalized spacial score (nSPS) is 12.0. The lowest BCUT2D eigenvalue weighted by Gasteiger charge is -2.14. The van der Waals surface area contributed by atoms with Crippen LogP contribution in [-0.4, -0.2) is 51.7 Å². The molecule has 0 spiro atoms. The zero-order chi connectivity index (χ0) is 20.5. The number of amides is 3. The summed E-state index contributed by atoms with van der Waals surface area (Å²) < 4.78 is 7.16. The second-order valence-corrected chi connectivity index (χ2v) is 7.89. The minimum atomic E-state index is -0.506. The van der Waals surface area contributed by atoms with Gasteiger partial charge in [-0.15, -0.1) is 10.2 Å². The van der Waals surface area contributed by atoms with Gasteiger partial charge in [0.05, 0.1) is 11.9 Å². The van der Waals surface area contributed by atoms with Gasteiger partial charge in [-0.3, -0.25) is 10.1 Å². The molecular formula is C19H27N5O3S. The molecule has 1 heterocycles. The minimum Gasteiger partial charge on any atom is -0.383 e. The van der Waals surface area contributed by atoms with Crippen molar-refractivity contribution in [3.8, 4) is 0 Å². The zero-order valence-electron chi connectivity index (χ0n) is 16.6. The number of imide groups is 1. The largest absolute Gasteiger partial charge is 0.383 e. The van der Waals surface area contributed by atoms with Crippen LogP contribution in [0.4, 0.5) is 4.79 Å². The first kappa shape index (κ1) is 21.9. The average Bonchev–Trinajstić information content (AvgIpc) is 3.01. The van der Waals surface area contributed by atoms with Crippen molar-refractivity contribution in [3.63, 3.8) is 0 Å². The summed E-state index contributed by atoms with van der Waals surface area (Å²) in [5.74, 6) is 0.421. The summed E-state index contributed by atoms with van der Waals surface area (Å²) in [5, 5.41) is 13.7. The molecular weight excluding hydrogens is 378 g/mol. The lowest BCUT2D eigenvalue weighted by Crippen LogP contribution is -2.45. The first-order valence-electron chi connectivity index (χ1n) is 9.13. The van der Waals surface area contributed by atoms with E-state index in [1.807, 2.05) is 48.7 Å². The quantitative estimate of drug-likeness (QED) is 0.621. The van der Waals surface area contributed by atoms with E-state index in [4.69, 9.17) is 4.74 Å². The highest BCUT2D eigenvalue weighted by molar-refractivity contribution is 8.00. The summed E-state index contributed by atoms with van der Waals surface area (Å²) in [7, 11) is 1.64. The molecule has 3 amide bonds. The molecule has 0 saturated carbocycles.